The van der Waals surface area contributed by atoms with Crippen LogP contribution in [0.5, 0.6) is 17.2 Å². The first-order valence-electron chi connectivity index (χ1n) is 14.6. The molecule has 10 nitrogen and oxygen atoms in total. The number of hydrogen-bond acceptors (Lipinski definition) is 8. The van der Waals surface area contributed by atoms with Crippen molar-refractivity contribution in [3.05, 3.63) is 86.3 Å². The van der Waals surface area contributed by atoms with Crippen LogP contribution in [0, 0.1) is 17.0 Å². The Hall–Kier alpha value is -3.23. The molecule has 0 saturated heterocycles. The van der Waals surface area contributed by atoms with Gasteiger partial charge < -0.3 is 28.7 Å². The van der Waals surface area contributed by atoms with Gasteiger partial charge in [0.05, 0.1) is 18.8 Å². The van der Waals surface area contributed by atoms with E-state index in [9.17, 15) is 27.5 Å². The monoisotopic (exact) mass is 699 g/mol. The van der Waals surface area contributed by atoms with Gasteiger partial charge in [-0.05, 0) is 74.3 Å². The van der Waals surface area contributed by atoms with Crippen LogP contribution < -0.4 is 23.7 Å². The highest BCUT2D eigenvalue weighted by atomic mass is 35.5. The molecule has 5 rings (SSSR count). The summed E-state index contributed by atoms with van der Waals surface area (Å²) in [6.07, 6.45) is 5.02. The Morgan fingerprint density at radius 2 is 1.63 bits per heavy atom. The third-order valence-corrected chi connectivity index (χ3v) is 8.78. The van der Waals surface area contributed by atoms with Gasteiger partial charge in [-0.3, -0.25) is 4.21 Å². The first kappa shape index (κ1) is 34.1. The van der Waals surface area contributed by atoms with Gasteiger partial charge in [-0.2, -0.15) is 13.5 Å². The predicted octanol–water partition coefficient (Wildman–Crippen LogP) is 6.39. The van der Waals surface area contributed by atoms with E-state index in [1.165, 1.54) is 30.3 Å². The third kappa shape index (κ3) is 9.41. The van der Waals surface area contributed by atoms with Crippen LogP contribution in [0.15, 0.2) is 48.8 Å². The molecule has 15 heteroatoms. The zero-order valence-corrected chi connectivity index (χ0v) is 26.9. The number of alkyl halides is 2. The second-order valence-corrected chi connectivity index (χ2v) is 12.8. The Bertz CT molecular complexity index is 1570. The number of carbonyl (C=O) groups excluding carboxylic acids is 1. The van der Waals surface area contributed by atoms with Crippen molar-refractivity contribution in [2.75, 3.05) is 13.2 Å². The lowest BCUT2D eigenvalue weighted by Crippen LogP contribution is -2.25. The zero-order valence-electron chi connectivity index (χ0n) is 24.6. The van der Waals surface area contributed by atoms with Crippen LogP contribution in [-0.4, -0.2) is 34.6 Å². The topological polar surface area (TPSA) is 133 Å². The van der Waals surface area contributed by atoms with Gasteiger partial charge in [0.15, 0.2) is 23.9 Å². The van der Waals surface area contributed by atoms with Gasteiger partial charge in [0.25, 0.3) is 0 Å². The van der Waals surface area contributed by atoms with Gasteiger partial charge in [0.1, 0.15) is 21.9 Å². The molecule has 3 unspecified atom stereocenters. The Labute approximate surface area is 276 Å². The van der Waals surface area contributed by atoms with Crippen molar-refractivity contribution in [3.63, 3.8) is 0 Å². The normalized spacial score (nSPS) is 16.5. The molecule has 248 valence electrons. The maximum absolute atomic E-state index is 13.7. The van der Waals surface area contributed by atoms with Crippen molar-refractivity contribution in [2.45, 2.75) is 57.8 Å². The lowest BCUT2D eigenvalue weighted by Gasteiger charge is -2.22. The first-order chi connectivity index (χ1) is 22.0. The number of hydrogen-bond donors (Lipinski definition) is 1. The highest BCUT2D eigenvalue weighted by molar-refractivity contribution is 7.77. The number of halogens is 4. The Morgan fingerprint density at radius 3 is 2.22 bits per heavy atom. The predicted molar refractivity (Wildman–Crippen MR) is 164 cm³/mol. The number of nitrogens with zero attached hydrogens (tertiary/aromatic N) is 1. The minimum Gasteiger partial charge on any atom is -0.760 e. The Kier molecular flexibility index (Phi) is 11.2. The van der Waals surface area contributed by atoms with Crippen LogP contribution in [-0.2, 0) is 22.4 Å². The van der Waals surface area contributed by atoms with E-state index in [-0.39, 0.29) is 33.5 Å². The molecule has 0 spiro atoms. The SMILES string of the molecule is CC(NS(=O)[O-])c1ccc(C(=O)OC(Cc2c(Cl)c[n+]([O-])cc2Cl)c2ccc(OC(F)F)c(OCC3CC3)c2)cc1OCC1CC1. The van der Waals surface area contributed by atoms with E-state index >= 15 is 0 Å². The van der Waals surface area contributed by atoms with E-state index in [0.717, 1.165) is 38.1 Å². The summed E-state index contributed by atoms with van der Waals surface area (Å²) < 4.78 is 74.2. The number of carbonyl (C=O) groups is 1. The molecule has 3 aromatic rings. The number of aromatic nitrogens is 1. The summed E-state index contributed by atoms with van der Waals surface area (Å²) in [6, 6.07) is 8.13. The van der Waals surface area contributed by atoms with Crippen LogP contribution in [0.2, 0.25) is 10.0 Å². The fourth-order valence-corrected chi connectivity index (χ4v) is 5.72. The zero-order chi connectivity index (χ0) is 33.0. The first-order valence-corrected chi connectivity index (χ1v) is 16.4. The van der Waals surface area contributed by atoms with Crippen molar-refractivity contribution in [2.24, 2.45) is 11.8 Å². The summed E-state index contributed by atoms with van der Waals surface area (Å²) in [4.78, 5) is 13.7. The molecule has 0 radical (unpaired) electrons. The molecule has 2 aliphatic rings. The maximum atomic E-state index is 13.7. The molecular formula is C31H31Cl2F2N2O8S-. The Balaban J connectivity index is 1.47. The second-order valence-electron chi connectivity index (χ2n) is 11.3. The number of ether oxygens (including phenoxy) is 4. The van der Waals surface area contributed by atoms with Crippen molar-refractivity contribution < 1.29 is 46.0 Å². The van der Waals surface area contributed by atoms with Crippen LogP contribution in [0.25, 0.3) is 0 Å². The molecule has 0 aliphatic heterocycles. The van der Waals surface area contributed by atoms with E-state index in [0.29, 0.717) is 52.2 Å². The van der Waals surface area contributed by atoms with Gasteiger partial charge in [-0.1, -0.05) is 35.3 Å². The summed E-state index contributed by atoms with van der Waals surface area (Å²) in [7, 11) is 0. The molecule has 2 aromatic carbocycles. The summed E-state index contributed by atoms with van der Waals surface area (Å²) in [6.45, 7) is -0.736. The van der Waals surface area contributed by atoms with Gasteiger partial charge >= 0.3 is 12.6 Å². The van der Waals surface area contributed by atoms with Crippen molar-refractivity contribution in [1.82, 2.24) is 4.72 Å². The fraction of sp³-hybridized carbons (Fsp3) is 0.419. The molecular weight excluding hydrogens is 669 g/mol. The number of nitrogens with one attached hydrogen (secondary N) is 1. The average Bonchev–Trinajstić information content (AvgIpc) is 3.92. The highest BCUT2D eigenvalue weighted by Crippen LogP contribution is 2.39. The number of esters is 1. The van der Waals surface area contributed by atoms with Crippen molar-refractivity contribution in [3.8, 4) is 17.2 Å². The van der Waals surface area contributed by atoms with Crippen LogP contribution in [0.1, 0.15) is 71.8 Å². The number of pyridine rings is 1. The van der Waals surface area contributed by atoms with Crippen LogP contribution in [0.3, 0.4) is 0 Å². The molecule has 46 heavy (non-hydrogen) atoms. The molecule has 2 saturated carbocycles. The van der Waals surface area contributed by atoms with E-state index < -0.39 is 36.0 Å². The van der Waals surface area contributed by atoms with Crippen LogP contribution >= 0.6 is 23.2 Å². The number of benzene rings is 2. The molecule has 3 atom stereocenters. The minimum atomic E-state index is -3.09. The van der Waals surface area contributed by atoms with Gasteiger partial charge in [0.2, 0.25) is 0 Å². The maximum Gasteiger partial charge on any atom is 0.387 e. The third-order valence-electron chi connectivity index (χ3n) is 7.58. The summed E-state index contributed by atoms with van der Waals surface area (Å²) in [5.41, 5.74) is 1.32. The van der Waals surface area contributed by atoms with E-state index in [1.807, 2.05) is 0 Å². The van der Waals surface area contributed by atoms with E-state index in [4.69, 9.17) is 37.4 Å². The van der Waals surface area contributed by atoms with Gasteiger partial charge in [-0.15, -0.1) is 0 Å². The number of rotatable bonds is 16. The lowest BCUT2D eigenvalue weighted by molar-refractivity contribution is -0.605. The van der Waals surface area contributed by atoms with E-state index in [1.54, 1.807) is 13.0 Å². The smallest absolute Gasteiger partial charge is 0.387 e. The molecule has 0 amide bonds. The minimum absolute atomic E-state index is 0.0313. The summed E-state index contributed by atoms with van der Waals surface area (Å²) >= 11 is 10.2. The Morgan fingerprint density at radius 1 is 1.00 bits per heavy atom. The highest BCUT2D eigenvalue weighted by Gasteiger charge is 2.28. The molecule has 2 aliphatic carbocycles. The average molecular weight is 701 g/mol. The van der Waals surface area contributed by atoms with Gasteiger partial charge in [-0.25, -0.2) is 9.52 Å². The van der Waals surface area contributed by atoms with Gasteiger partial charge in [0, 0.05) is 34.9 Å². The fourth-order valence-electron chi connectivity index (χ4n) is 4.70. The second kappa shape index (κ2) is 15.1. The molecule has 1 heterocycles. The van der Waals surface area contributed by atoms with Crippen molar-refractivity contribution in [1.29, 1.82) is 0 Å². The summed E-state index contributed by atoms with van der Waals surface area (Å²) in [5, 5.41) is 11.9. The molecule has 2 fully saturated rings. The quantitative estimate of drug-likeness (QED) is 0.0787. The van der Waals surface area contributed by atoms with Crippen LogP contribution in [0.4, 0.5) is 8.78 Å². The largest absolute Gasteiger partial charge is 0.760 e. The van der Waals surface area contributed by atoms with Crippen molar-refractivity contribution >= 4 is 40.4 Å². The summed E-state index contributed by atoms with van der Waals surface area (Å²) in [5.74, 6) is 0.112. The molecule has 1 aromatic heterocycles. The van der Waals surface area contributed by atoms with E-state index in [2.05, 4.69) is 9.46 Å². The molecule has 1 N–H and O–H groups in total. The lowest BCUT2D eigenvalue weighted by atomic mass is 10.0. The molecule has 0 bridgehead atoms. The standard InChI is InChI=1S/C31H32Cl2F2N2O8S/c1-17(36-46(40)41)22-8-6-21(11-28(22)42-15-18-2-3-18)30(38)44-27(12-23-24(32)13-37(39)14-25(23)33)20-7-9-26(45-31(34)35)29(10-20)43-16-19-4-5-19/h6-11,13-14,17-19,27,31,36H,2-5,12,15-16H2,1H3,(H,40,41)/p-1.